The fourth-order valence-corrected chi connectivity index (χ4v) is 2.81. The molecule has 2 nitrogen and oxygen atoms in total. The van der Waals surface area contributed by atoms with Crippen molar-refractivity contribution in [2.75, 3.05) is 5.32 Å². The van der Waals surface area contributed by atoms with Crippen LogP contribution < -0.4 is 5.32 Å². The van der Waals surface area contributed by atoms with Gasteiger partial charge in [-0.05, 0) is 31.0 Å². The molecule has 1 aliphatic rings. The second-order valence-electron chi connectivity index (χ2n) is 5.78. The Kier molecular flexibility index (Phi) is 4.46. The first-order valence-corrected chi connectivity index (χ1v) is 7.33. The van der Waals surface area contributed by atoms with Gasteiger partial charge in [0.05, 0.1) is 16.1 Å². The van der Waals surface area contributed by atoms with Gasteiger partial charge in [0.15, 0.2) is 0 Å². The lowest BCUT2D eigenvalue weighted by atomic mass is 9.75. The molecule has 6 heteroatoms. The molecule has 0 bridgehead atoms. The minimum absolute atomic E-state index is 0.0663. The van der Waals surface area contributed by atoms with E-state index in [9.17, 15) is 18.0 Å². The molecule has 21 heavy (non-hydrogen) atoms. The first kappa shape index (κ1) is 16.1. The van der Waals surface area contributed by atoms with Gasteiger partial charge in [0.2, 0.25) is 5.91 Å². The van der Waals surface area contributed by atoms with Crippen molar-refractivity contribution in [3.63, 3.8) is 0 Å². The molecule has 1 radical (unpaired) electrons. The minimum atomic E-state index is -4.45. The minimum Gasteiger partial charge on any atom is -0.324 e. The molecule has 1 aromatic rings. The second kappa shape index (κ2) is 5.83. The van der Waals surface area contributed by atoms with Gasteiger partial charge in [-0.2, -0.15) is 13.2 Å². The van der Waals surface area contributed by atoms with Crippen molar-refractivity contribution in [1.29, 1.82) is 0 Å². The lowest BCUT2D eigenvalue weighted by molar-refractivity contribution is -0.137. The number of benzene rings is 1. The van der Waals surface area contributed by atoms with Gasteiger partial charge in [-0.3, -0.25) is 4.79 Å². The summed E-state index contributed by atoms with van der Waals surface area (Å²) in [6.45, 7) is 1.86. The maximum absolute atomic E-state index is 12.7. The molecular formula is C15H17F3NOS. The average molecular weight is 316 g/mol. The van der Waals surface area contributed by atoms with Crippen LogP contribution in [0.25, 0.3) is 0 Å². The van der Waals surface area contributed by atoms with Crippen molar-refractivity contribution in [3.8, 4) is 0 Å². The highest BCUT2D eigenvalue weighted by molar-refractivity contribution is 7.80. The van der Waals surface area contributed by atoms with Crippen LogP contribution in [-0.4, -0.2) is 5.91 Å². The molecule has 0 unspecified atom stereocenters. The predicted molar refractivity (Wildman–Crippen MR) is 77.1 cm³/mol. The van der Waals surface area contributed by atoms with Crippen molar-refractivity contribution in [1.82, 2.24) is 0 Å². The first-order chi connectivity index (χ1) is 9.72. The molecule has 0 saturated heterocycles. The number of amides is 1. The number of hydrogen-bond donors (Lipinski definition) is 1. The zero-order valence-electron chi connectivity index (χ0n) is 11.7. The van der Waals surface area contributed by atoms with Crippen LogP contribution in [0.5, 0.6) is 0 Å². The Bertz CT molecular complexity index is 536. The molecule has 0 aromatic heterocycles. The van der Waals surface area contributed by atoms with Crippen molar-refractivity contribution in [2.24, 2.45) is 5.41 Å². The fraction of sp³-hybridized carbons (Fsp3) is 0.533. The summed E-state index contributed by atoms with van der Waals surface area (Å²) in [5.74, 6) is -0.243. The molecule has 1 amide bonds. The first-order valence-electron chi connectivity index (χ1n) is 6.92. The van der Waals surface area contributed by atoms with Crippen LogP contribution in [0.15, 0.2) is 23.1 Å². The van der Waals surface area contributed by atoms with E-state index in [4.69, 9.17) is 12.6 Å². The van der Waals surface area contributed by atoms with E-state index in [0.29, 0.717) is 0 Å². The Balaban J connectivity index is 2.20. The fourth-order valence-electron chi connectivity index (χ4n) is 2.64. The second-order valence-corrected chi connectivity index (χ2v) is 6.22. The smallest absolute Gasteiger partial charge is 0.324 e. The molecule has 0 atom stereocenters. The summed E-state index contributed by atoms with van der Waals surface area (Å²) in [6.07, 6.45) is 0.0889. The lowest BCUT2D eigenvalue weighted by Crippen LogP contribution is -2.35. The third-order valence-corrected chi connectivity index (χ3v) is 4.42. The van der Waals surface area contributed by atoms with E-state index < -0.39 is 17.2 Å². The van der Waals surface area contributed by atoms with Crippen LogP contribution >= 0.6 is 12.6 Å². The molecule has 1 fully saturated rings. The van der Waals surface area contributed by atoms with E-state index in [0.717, 1.165) is 44.2 Å². The SMILES string of the molecule is CC1(C(=O)Nc2cc(C(F)(F)F)ccc2[S])CCCCC1. The number of hydrogen-bond acceptors (Lipinski definition) is 1. The molecule has 0 heterocycles. The van der Waals surface area contributed by atoms with Crippen LogP contribution in [0, 0.1) is 5.41 Å². The Hall–Kier alpha value is -1.30. The summed E-state index contributed by atoms with van der Waals surface area (Å²) in [5.41, 5.74) is -1.26. The van der Waals surface area contributed by atoms with Gasteiger partial charge in [0.1, 0.15) is 0 Å². The van der Waals surface area contributed by atoms with Crippen LogP contribution in [0.1, 0.15) is 44.6 Å². The van der Waals surface area contributed by atoms with Crippen LogP contribution in [0.3, 0.4) is 0 Å². The molecular weight excluding hydrogens is 299 g/mol. The standard InChI is InChI=1S/C15H17F3NOS/c1-14(7-3-2-4-8-14)13(20)19-11-9-10(15(16,17)18)5-6-12(11)21/h5-6,9H,2-4,7-8H2,1H3,(H,19,20). The molecule has 1 aliphatic carbocycles. The van der Waals surface area contributed by atoms with E-state index in [1.54, 1.807) is 0 Å². The van der Waals surface area contributed by atoms with Gasteiger partial charge in [0, 0.05) is 5.41 Å². The number of alkyl halides is 3. The van der Waals surface area contributed by atoms with Gasteiger partial charge in [-0.15, -0.1) is 0 Å². The summed E-state index contributed by atoms with van der Waals surface area (Å²) in [4.78, 5) is 12.6. The number of carbonyl (C=O) groups is 1. The van der Waals surface area contributed by atoms with E-state index in [1.165, 1.54) is 6.07 Å². The van der Waals surface area contributed by atoms with Crippen LogP contribution in [-0.2, 0) is 11.0 Å². The molecule has 1 saturated carbocycles. The van der Waals surface area contributed by atoms with E-state index in [2.05, 4.69) is 5.32 Å². The predicted octanol–water partition coefficient (Wildman–Crippen LogP) is 5.17. The maximum Gasteiger partial charge on any atom is 0.416 e. The average Bonchev–Trinajstić information content (AvgIpc) is 2.40. The summed E-state index contributed by atoms with van der Waals surface area (Å²) >= 11 is 5.01. The van der Waals surface area contributed by atoms with Gasteiger partial charge in [0.25, 0.3) is 0 Å². The summed E-state index contributed by atoms with van der Waals surface area (Å²) in [5, 5.41) is 2.59. The quantitative estimate of drug-likeness (QED) is 0.801. The molecule has 1 N–H and O–H groups in total. The highest BCUT2D eigenvalue weighted by atomic mass is 32.1. The lowest BCUT2D eigenvalue weighted by Gasteiger charge is -2.32. The van der Waals surface area contributed by atoms with Gasteiger partial charge in [-0.1, -0.05) is 38.8 Å². The van der Waals surface area contributed by atoms with E-state index >= 15 is 0 Å². The van der Waals surface area contributed by atoms with Crippen molar-refractivity contribution in [2.45, 2.75) is 50.1 Å². The van der Waals surface area contributed by atoms with E-state index in [-0.39, 0.29) is 16.5 Å². The van der Waals surface area contributed by atoms with Crippen molar-refractivity contribution < 1.29 is 18.0 Å². The maximum atomic E-state index is 12.7. The molecule has 115 valence electrons. The zero-order valence-corrected chi connectivity index (χ0v) is 12.5. The number of anilines is 1. The summed E-state index contributed by atoms with van der Waals surface area (Å²) in [6, 6.07) is 3.05. The highest BCUT2D eigenvalue weighted by Gasteiger charge is 2.35. The Labute approximate surface area is 127 Å². The Morgan fingerprint density at radius 1 is 1.24 bits per heavy atom. The monoisotopic (exact) mass is 316 g/mol. The summed E-state index contributed by atoms with van der Waals surface area (Å²) in [7, 11) is 0. The zero-order chi connectivity index (χ0) is 15.7. The molecule has 2 rings (SSSR count). The molecule has 0 spiro atoms. The number of nitrogens with one attached hydrogen (secondary N) is 1. The topological polar surface area (TPSA) is 29.1 Å². The van der Waals surface area contributed by atoms with Crippen LogP contribution in [0.4, 0.5) is 18.9 Å². The number of carbonyl (C=O) groups excluding carboxylic acids is 1. The highest BCUT2D eigenvalue weighted by Crippen LogP contribution is 2.38. The van der Waals surface area contributed by atoms with Gasteiger partial charge in [-0.25, -0.2) is 0 Å². The number of rotatable bonds is 2. The number of halogens is 3. The summed E-state index contributed by atoms with van der Waals surface area (Å²) < 4.78 is 38.2. The Morgan fingerprint density at radius 3 is 2.43 bits per heavy atom. The normalized spacial score (nSPS) is 18.3. The molecule has 1 aromatic carbocycles. The third-order valence-electron chi connectivity index (χ3n) is 4.06. The van der Waals surface area contributed by atoms with Gasteiger partial charge < -0.3 is 5.32 Å². The largest absolute Gasteiger partial charge is 0.416 e. The van der Waals surface area contributed by atoms with Gasteiger partial charge >= 0.3 is 6.18 Å². The third kappa shape index (κ3) is 3.67. The Morgan fingerprint density at radius 2 is 1.86 bits per heavy atom. The van der Waals surface area contributed by atoms with E-state index in [1.807, 2.05) is 6.92 Å². The van der Waals surface area contributed by atoms with Crippen molar-refractivity contribution >= 4 is 24.2 Å². The van der Waals surface area contributed by atoms with Crippen molar-refractivity contribution in [3.05, 3.63) is 23.8 Å². The van der Waals surface area contributed by atoms with Crippen LogP contribution in [0.2, 0.25) is 0 Å². The molecule has 0 aliphatic heterocycles.